The molecule has 0 bridgehead atoms. The number of carbonyl (C=O) groups is 1. The number of furan rings is 1. The summed E-state index contributed by atoms with van der Waals surface area (Å²) in [6.45, 7) is 1.82. The van der Waals surface area contributed by atoms with Gasteiger partial charge in [-0.1, -0.05) is 11.8 Å². The Morgan fingerprint density at radius 2 is 2.24 bits per heavy atom. The summed E-state index contributed by atoms with van der Waals surface area (Å²) in [5.41, 5.74) is 6.17. The molecule has 0 saturated carbocycles. The van der Waals surface area contributed by atoms with Crippen LogP contribution < -0.4 is 5.73 Å². The van der Waals surface area contributed by atoms with Crippen molar-refractivity contribution in [3.05, 3.63) is 35.9 Å². The van der Waals surface area contributed by atoms with Gasteiger partial charge in [-0.25, -0.2) is 9.78 Å². The highest BCUT2D eigenvalue weighted by Crippen LogP contribution is 2.33. The van der Waals surface area contributed by atoms with Crippen molar-refractivity contribution in [1.82, 2.24) is 4.98 Å². The van der Waals surface area contributed by atoms with Gasteiger partial charge < -0.3 is 15.3 Å². The summed E-state index contributed by atoms with van der Waals surface area (Å²) in [4.78, 5) is 15.7. The van der Waals surface area contributed by atoms with Crippen LogP contribution in [0.2, 0.25) is 0 Å². The first-order chi connectivity index (χ1) is 8.08. The second kappa shape index (κ2) is 4.50. The zero-order valence-electron chi connectivity index (χ0n) is 9.01. The molecule has 0 aliphatic rings. The number of nitrogens with two attached hydrogens (primary N) is 1. The number of nitrogen functional groups attached to an aromatic ring is 1. The second-order valence-electron chi connectivity index (χ2n) is 3.34. The maximum Gasteiger partial charge on any atom is 0.354 e. The van der Waals surface area contributed by atoms with Crippen LogP contribution in [0.25, 0.3) is 0 Å². The number of rotatable bonds is 3. The van der Waals surface area contributed by atoms with Crippen molar-refractivity contribution in [1.29, 1.82) is 0 Å². The van der Waals surface area contributed by atoms with Crippen molar-refractivity contribution >= 4 is 23.4 Å². The summed E-state index contributed by atoms with van der Waals surface area (Å²) >= 11 is 1.29. The highest BCUT2D eigenvalue weighted by molar-refractivity contribution is 7.99. The van der Waals surface area contributed by atoms with E-state index in [4.69, 9.17) is 15.3 Å². The number of hydrogen-bond donors (Lipinski definition) is 2. The number of hydrogen-bond acceptors (Lipinski definition) is 5. The Hall–Kier alpha value is -1.95. The highest BCUT2D eigenvalue weighted by atomic mass is 32.2. The number of anilines is 1. The molecule has 88 valence electrons. The number of pyridine rings is 1. The minimum absolute atomic E-state index is 0.0251. The van der Waals surface area contributed by atoms with E-state index in [1.165, 1.54) is 23.9 Å². The van der Waals surface area contributed by atoms with Gasteiger partial charge in [0.15, 0.2) is 0 Å². The zero-order valence-corrected chi connectivity index (χ0v) is 9.82. The van der Waals surface area contributed by atoms with Crippen molar-refractivity contribution in [3.63, 3.8) is 0 Å². The fourth-order valence-corrected chi connectivity index (χ4v) is 2.09. The van der Waals surface area contributed by atoms with Gasteiger partial charge in [-0.05, 0) is 25.1 Å². The lowest BCUT2D eigenvalue weighted by Gasteiger charge is -2.04. The van der Waals surface area contributed by atoms with Crippen LogP contribution in [0.4, 0.5) is 5.69 Å². The summed E-state index contributed by atoms with van der Waals surface area (Å²) < 4.78 is 5.15. The van der Waals surface area contributed by atoms with E-state index < -0.39 is 5.97 Å². The molecule has 0 radical (unpaired) electrons. The van der Waals surface area contributed by atoms with E-state index >= 15 is 0 Å². The Kier molecular flexibility index (Phi) is 3.06. The van der Waals surface area contributed by atoms with Crippen LogP contribution in [0.5, 0.6) is 0 Å². The molecular weight excluding hydrogens is 240 g/mol. The molecule has 3 N–H and O–H groups in total. The Morgan fingerprint density at radius 1 is 1.47 bits per heavy atom. The van der Waals surface area contributed by atoms with E-state index in [1.54, 1.807) is 12.3 Å². The second-order valence-corrected chi connectivity index (χ2v) is 4.37. The fraction of sp³-hybridized carbons (Fsp3) is 0.0909. The van der Waals surface area contributed by atoms with E-state index in [-0.39, 0.29) is 5.69 Å². The number of aromatic nitrogens is 1. The van der Waals surface area contributed by atoms with Gasteiger partial charge in [0.05, 0.1) is 16.8 Å². The van der Waals surface area contributed by atoms with E-state index in [0.717, 1.165) is 10.7 Å². The van der Waals surface area contributed by atoms with E-state index in [1.807, 2.05) is 6.92 Å². The predicted molar refractivity (Wildman–Crippen MR) is 63.2 cm³/mol. The fourth-order valence-electron chi connectivity index (χ4n) is 1.24. The number of carboxylic acids is 1. The molecule has 0 aliphatic heterocycles. The predicted octanol–water partition coefficient (Wildman–Crippen LogP) is 2.41. The van der Waals surface area contributed by atoms with Crippen LogP contribution in [-0.4, -0.2) is 16.1 Å². The molecule has 0 amide bonds. The van der Waals surface area contributed by atoms with Gasteiger partial charge in [0.1, 0.15) is 16.5 Å². The Morgan fingerprint density at radius 3 is 2.82 bits per heavy atom. The maximum absolute atomic E-state index is 10.8. The molecule has 17 heavy (non-hydrogen) atoms. The van der Waals surface area contributed by atoms with Crippen LogP contribution in [0.1, 0.15) is 16.2 Å². The minimum atomic E-state index is -1.07. The van der Waals surface area contributed by atoms with Crippen molar-refractivity contribution in [2.75, 3.05) is 5.73 Å². The van der Waals surface area contributed by atoms with Gasteiger partial charge in [-0.2, -0.15) is 0 Å². The van der Waals surface area contributed by atoms with Crippen molar-refractivity contribution in [3.8, 4) is 0 Å². The highest BCUT2D eigenvalue weighted by Gasteiger charge is 2.11. The number of carboxylic acid groups (broad SMARTS) is 1. The lowest BCUT2D eigenvalue weighted by atomic mass is 10.3. The molecule has 0 fully saturated rings. The summed E-state index contributed by atoms with van der Waals surface area (Å²) in [7, 11) is 0. The SMILES string of the molecule is Cc1occc1Sc1nc(C(=O)O)ccc1N. The monoisotopic (exact) mass is 250 g/mol. The smallest absolute Gasteiger partial charge is 0.354 e. The molecule has 5 nitrogen and oxygen atoms in total. The quantitative estimate of drug-likeness (QED) is 0.869. The topological polar surface area (TPSA) is 89.3 Å². The van der Waals surface area contributed by atoms with Gasteiger partial charge in [0.2, 0.25) is 0 Å². The first-order valence-corrected chi connectivity index (χ1v) is 5.61. The van der Waals surface area contributed by atoms with Crippen LogP contribution in [0, 0.1) is 6.92 Å². The molecule has 0 spiro atoms. The Balaban J connectivity index is 2.35. The first-order valence-electron chi connectivity index (χ1n) is 4.79. The van der Waals surface area contributed by atoms with E-state index in [9.17, 15) is 4.79 Å². The third kappa shape index (κ3) is 2.42. The van der Waals surface area contributed by atoms with Gasteiger partial charge in [-0.15, -0.1) is 0 Å². The van der Waals surface area contributed by atoms with Gasteiger partial charge in [-0.3, -0.25) is 0 Å². The van der Waals surface area contributed by atoms with Crippen LogP contribution in [0.15, 0.2) is 38.8 Å². The number of aromatic carboxylic acids is 1. The summed E-state index contributed by atoms with van der Waals surface area (Å²) in [6.07, 6.45) is 1.56. The van der Waals surface area contributed by atoms with Crippen molar-refractivity contribution in [2.45, 2.75) is 16.8 Å². The van der Waals surface area contributed by atoms with Crippen molar-refractivity contribution in [2.24, 2.45) is 0 Å². The molecule has 2 aromatic heterocycles. The summed E-state index contributed by atoms with van der Waals surface area (Å²) in [5, 5.41) is 9.32. The standard InChI is InChI=1S/C11H10N2O3S/c1-6-9(4-5-16-6)17-10-7(12)2-3-8(13-10)11(14)15/h2-5H,12H2,1H3,(H,14,15). The molecule has 0 saturated heterocycles. The Bertz CT molecular complexity index is 566. The minimum Gasteiger partial charge on any atom is -0.477 e. The average Bonchev–Trinajstić information content (AvgIpc) is 2.67. The first kappa shape index (κ1) is 11.5. The van der Waals surface area contributed by atoms with Crippen molar-refractivity contribution < 1.29 is 14.3 Å². The van der Waals surface area contributed by atoms with Gasteiger partial charge >= 0.3 is 5.97 Å². The molecular formula is C11H10N2O3S. The molecule has 2 heterocycles. The van der Waals surface area contributed by atoms with E-state index in [0.29, 0.717) is 10.7 Å². The number of aryl methyl sites for hydroxylation is 1. The lowest BCUT2D eigenvalue weighted by molar-refractivity contribution is 0.0690. The Labute approximate surface area is 102 Å². The molecule has 0 atom stereocenters. The average molecular weight is 250 g/mol. The zero-order chi connectivity index (χ0) is 12.4. The van der Waals surface area contributed by atoms with Crippen LogP contribution in [-0.2, 0) is 0 Å². The molecule has 0 aliphatic carbocycles. The lowest BCUT2D eigenvalue weighted by Crippen LogP contribution is -2.02. The van der Waals surface area contributed by atoms with Gasteiger partial charge in [0.25, 0.3) is 0 Å². The maximum atomic E-state index is 10.8. The molecule has 2 aromatic rings. The number of nitrogens with zero attached hydrogens (tertiary/aromatic N) is 1. The third-order valence-electron chi connectivity index (χ3n) is 2.13. The van der Waals surface area contributed by atoms with Crippen LogP contribution in [0.3, 0.4) is 0 Å². The summed E-state index contributed by atoms with van der Waals surface area (Å²) in [5.74, 6) is -0.326. The summed E-state index contributed by atoms with van der Waals surface area (Å²) in [6, 6.07) is 4.70. The van der Waals surface area contributed by atoms with Gasteiger partial charge in [0, 0.05) is 0 Å². The molecule has 0 unspecified atom stereocenters. The van der Waals surface area contributed by atoms with E-state index in [2.05, 4.69) is 4.98 Å². The third-order valence-corrected chi connectivity index (χ3v) is 3.29. The van der Waals surface area contributed by atoms with Crippen LogP contribution >= 0.6 is 11.8 Å². The molecule has 2 rings (SSSR count). The normalized spacial score (nSPS) is 10.4. The molecule has 0 aromatic carbocycles. The largest absolute Gasteiger partial charge is 0.477 e. The molecule has 6 heteroatoms.